The van der Waals surface area contributed by atoms with E-state index in [0.717, 1.165) is 56.9 Å². The Hall–Kier alpha value is -7.52. The summed E-state index contributed by atoms with van der Waals surface area (Å²) >= 11 is 3.08. The van der Waals surface area contributed by atoms with Crippen molar-refractivity contribution in [2.24, 2.45) is 0 Å². The van der Waals surface area contributed by atoms with Gasteiger partial charge in [0.15, 0.2) is 0 Å². The molecule has 61 heavy (non-hydrogen) atoms. The van der Waals surface area contributed by atoms with E-state index in [4.69, 9.17) is 18.7 Å². The molecule has 284 valence electrons. The molecule has 0 fully saturated rings. The van der Waals surface area contributed by atoms with Crippen LogP contribution in [0.1, 0.15) is 11.1 Å². The molecule has 0 bridgehead atoms. The summed E-state index contributed by atoms with van der Waals surface area (Å²) in [6.45, 7) is 0. The normalized spacial score (nSPS) is 12.5. The standard InChI is InChI=1S/C53H30N6S2/c1-2-10-34-30(9-1)23-31-24-41-35-11-3-6-14-46(35)58(48(41)25-40(31)34)32-17-21-44(54-28-32)38-19-20-39(53-52(38)56-61-57-53)45-22-18-33(29-55-45)59-47-15-7-4-12-36(47)42-27-51-43(26-49(42)59)37-13-5-8-16-50(37)60-51/h1-22,24-29H,23H2. The highest BCUT2D eigenvalue weighted by atomic mass is 32.1. The third kappa shape index (κ3) is 4.77. The SMILES string of the molecule is c1ccc2c(c1)Cc1cc3c4ccccc4n(-c4ccc(-c5ccc(-c6ccc(-n7c8ccccc8c8cc9sc%10ccccc%10c9cc87)cn6)c6nsnc56)nc4)c3cc1-2. The molecular formula is C53H30N6S2. The number of hydrogen-bond acceptors (Lipinski definition) is 6. The summed E-state index contributed by atoms with van der Waals surface area (Å²) in [4.78, 5) is 10.2. The van der Waals surface area contributed by atoms with Crippen molar-refractivity contribution in [3.8, 4) is 45.0 Å². The topological polar surface area (TPSA) is 61.4 Å². The van der Waals surface area contributed by atoms with Gasteiger partial charge in [-0.15, -0.1) is 11.3 Å². The van der Waals surface area contributed by atoms with Crippen LogP contribution in [-0.2, 0) is 6.42 Å². The summed E-state index contributed by atoms with van der Waals surface area (Å²) in [6, 6.07) is 57.1. The smallest absolute Gasteiger partial charge is 0.114 e. The van der Waals surface area contributed by atoms with Gasteiger partial charge in [0.05, 0.1) is 69.0 Å². The highest BCUT2D eigenvalue weighted by Crippen LogP contribution is 2.44. The van der Waals surface area contributed by atoms with Crippen LogP contribution in [0.5, 0.6) is 0 Å². The quantitative estimate of drug-likeness (QED) is 0.178. The zero-order valence-corrected chi connectivity index (χ0v) is 34.0. The van der Waals surface area contributed by atoms with Crippen molar-refractivity contribution in [2.75, 3.05) is 0 Å². The average Bonchev–Trinajstić information content (AvgIpc) is 4.14. The van der Waals surface area contributed by atoms with Crippen molar-refractivity contribution in [3.63, 3.8) is 0 Å². The highest BCUT2D eigenvalue weighted by Gasteiger charge is 2.23. The van der Waals surface area contributed by atoms with Crippen molar-refractivity contribution in [1.29, 1.82) is 0 Å². The van der Waals surface area contributed by atoms with Gasteiger partial charge in [-0.25, -0.2) is 0 Å². The van der Waals surface area contributed by atoms with E-state index in [2.05, 4.69) is 167 Å². The van der Waals surface area contributed by atoms with Gasteiger partial charge >= 0.3 is 0 Å². The molecule has 7 aromatic carbocycles. The Kier molecular flexibility index (Phi) is 6.83. The van der Waals surface area contributed by atoms with Crippen LogP contribution in [0.3, 0.4) is 0 Å². The number of aromatic nitrogens is 6. The minimum absolute atomic E-state index is 0.828. The highest BCUT2D eigenvalue weighted by molar-refractivity contribution is 7.25. The second kappa shape index (κ2) is 12.5. The summed E-state index contributed by atoms with van der Waals surface area (Å²) in [6.07, 6.45) is 4.94. The molecule has 8 heteroatoms. The molecule has 0 unspecified atom stereocenters. The first-order valence-electron chi connectivity index (χ1n) is 20.4. The van der Waals surface area contributed by atoms with E-state index in [1.807, 2.05) is 23.7 Å². The van der Waals surface area contributed by atoms with E-state index in [1.54, 1.807) is 0 Å². The molecule has 0 amide bonds. The van der Waals surface area contributed by atoms with E-state index in [-0.39, 0.29) is 0 Å². The molecule has 0 spiro atoms. The number of thiophene rings is 1. The second-order valence-electron chi connectivity index (χ2n) is 16.0. The van der Waals surface area contributed by atoms with Gasteiger partial charge in [0.1, 0.15) is 11.0 Å². The Morgan fingerprint density at radius 3 is 1.66 bits per heavy atom. The van der Waals surface area contributed by atoms with Crippen molar-refractivity contribution in [2.45, 2.75) is 6.42 Å². The molecule has 6 aromatic heterocycles. The van der Waals surface area contributed by atoms with Gasteiger partial charge < -0.3 is 9.13 Å². The Morgan fingerprint density at radius 2 is 0.984 bits per heavy atom. The van der Waals surface area contributed by atoms with E-state index in [1.165, 1.54) is 92.2 Å². The predicted octanol–water partition coefficient (Wildman–Crippen LogP) is 13.9. The van der Waals surface area contributed by atoms with E-state index < -0.39 is 0 Å². The molecule has 1 aliphatic rings. The van der Waals surface area contributed by atoms with Gasteiger partial charge in [-0.3, -0.25) is 9.97 Å². The van der Waals surface area contributed by atoms with Crippen molar-refractivity contribution < 1.29 is 0 Å². The number of pyridine rings is 2. The maximum Gasteiger partial charge on any atom is 0.114 e. The van der Waals surface area contributed by atoms with E-state index in [0.29, 0.717) is 0 Å². The monoisotopic (exact) mass is 814 g/mol. The summed E-state index contributed by atoms with van der Waals surface area (Å²) in [5.74, 6) is 0. The lowest BCUT2D eigenvalue weighted by molar-refractivity contribution is 1.14. The zero-order chi connectivity index (χ0) is 39.8. The fourth-order valence-corrected chi connectivity index (χ4v) is 11.7. The Balaban J connectivity index is 0.840. The molecule has 0 N–H and O–H groups in total. The molecule has 0 saturated heterocycles. The van der Waals surface area contributed by atoms with Crippen LogP contribution in [0, 0.1) is 0 Å². The molecule has 14 rings (SSSR count). The van der Waals surface area contributed by atoms with Crippen LogP contribution in [0.2, 0.25) is 0 Å². The second-order valence-corrected chi connectivity index (χ2v) is 17.6. The summed E-state index contributed by atoms with van der Waals surface area (Å²) in [7, 11) is 0. The molecule has 6 heterocycles. The fraction of sp³-hybridized carbons (Fsp3) is 0.0189. The molecule has 0 aliphatic heterocycles. The molecule has 0 atom stereocenters. The average molecular weight is 815 g/mol. The number of para-hydroxylation sites is 2. The summed E-state index contributed by atoms with van der Waals surface area (Å²) in [5, 5.41) is 7.57. The minimum atomic E-state index is 0.828. The lowest BCUT2D eigenvalue weighted by Crippen LogP contribution is -1.97. The van der Waals surface area contributed by atoms with Gasteiger partial charge in [-0.05, 0) is 108 Å². The Labute approximate surface area is 356 Å². The maximum absolute atomic E-state index is 5.08. The molecule has 1 aliphatic carbocycles. The van der Waals surface area contributed by atoms with E-state index in [9.17, 15) is 0 Å². The fourth-order valence-electron chi connectivity index (χ4n) is 9.98. The molecular weight excluding hydrogens is 785 g/mol. The number of rotatable bonds is 4. The predicted molar refractivity (Wildman–Crippen MR) is 254 cm³/mol. The van der Waals surface area contributed by atoms with Crippen LogP contribution < -0.4 is 0 Å². The lowest BCUT2D eigenvalue weighted by Gasteiger charge is -2.11. The van der Waals surface area contributed by atoms with Crippen molar-refractivity contribution in [1.82, 2.24) is 27.8 Å². The number of fused-ring (bicyclic) bond motifs is 13. The third-order valence-corrected chi connectivity index (χ3v) is 14.4. The number of nitrogens with zero attached hydrogens (tertiary/aromatic N) is 6. The van der Waals surface area contributed by atoms with Gasteiger partial charge in [0.2, 0.25) is 0 Å². The number of hydrogen-bond donors (Lipinski definition) is 0. The minimum Gasteiger partial charge on any atom is -0.308 e. The van der Waals surface area contributed by atoms with Crippen molar-refractivity contribution in [3.05, 3.63) is 181 Å². The van der Waals surface area contributed by atoms with Crippen LogP contribution >= 0.6 is 23.1 Å². The summed E-state index contributed by atoms with van der Waals surface area (Å²) in [5.41, 5.74) is 17.4. The first-order valence-corrected chi connectivity index (χ1v) is 22.0. The van der Waals surface area contributed by atoms with Crippen LogP contribution in [-0.4, -0.2) is 27.8 Å². The van der Waals surface area contributed by atoms with Gasteiger partial charge in [-0.2, -0.15) is 8.75 Å². The van der Waals surface area contributed by atoms with Crippen LogP contribution in [0.25, 0.3) is 120 Å². The first-order chi connectivity index (χ1) is 30.2. The number of benzene rings is 7. The molecule has 0 saturated carbocycles. The zero-order valence-electron chi connectivity index (χ0n) is 32.4. The van der Waals surface area contributed by atoms with Gasteiger partial charge in [0, 0.05) is 52.8 Å². The Bertz CT molecular complexity index is 3960. The first kappa shape index (κ1) is 33.3. The molecule has 6 nitrogen and oxygen atoms in total. The third-order valence-electron chi connectivity index (χ3n) is 12.7. The van der Waals surface area contributed by atoms with Crippen LogP contribution in [0.15, 0.2) is 170 Å². The van der Waals surface area contributed by atoms with Gasteiger partial charge in [-0.1, -0.05) is 78.9 Å². The Morgan fingerprint density at radius 1 is 0.393 bits per heavy atom. The molecule has 13 aromatic rings. The van der Waals surface area contributed by atoms with Crippen LogP contribution in [0.4, 0.5) is 0 Å². The van der Waals surface area contributed by atoms with E-state index >= 15 is 0 Å². The molecule has 0 radical (unpaired) electrons. The van der Waals surface area contributed by atoms with Crippen molar-refractivity contribution >= 4 is 97.9 Å². The lowest BCUT2D eigenvalue weighted by atomic mass is 10.0. The maximum atomic E-state index is 5.08. The summed E-state index contributed by atoms with van der Waals surface area (Å²) < 4.78 is 16.9. The van der Waals surface area contributed by atoms with Gasteiger partial charge in [0.25, 0.3) is 0 Å². The largest absolute Gasteiger partial charge is 0.308 e.